The molecule has 0 atom stereocenters. The van der Waals surface area contributed by atoms with Crippen molar-refractivity contribution in [1.29, 1.82) is 0 Å². The van der Waals surface area contributed by atoms with Gasteiger partial charge in [0.05, 0.1) is 23.4 Å². The second-order valence-electron chi connectivity index (χ2n) is 4.83. The van der Waals surface area contributed by atoms with E-state index in [4.69, 9.17) is 22.2 Å². The maximum Gasteiger partial charge on any atom is 0.234 e. The molecule has 2 heterocycles. The van der Waals surface area contributed by atoms with Crippen molar-refractivity contribution in [2.24, 2.45) is 0 Å². The van der Waals surface area contributed by atoms with Crippen LogP contribution in [0.25, 0.3) is 10.7 Å². The first-order chi connectivity index (χ1) is 12.1. The summed E-state index contributed by atoms with van der Waals surface area (Å²) in [4.78, 5) is 13.1. The van der Waals surface area contributed by atoms with Gasteiger partial charge in [0.2, 0.25) is 11.1 Å². The zero-order valence-corrected chi connectivity index (χ0v) is 15.5. The third-order valence-electron chi connectivity index (χ3n) is 3.17. The first-order valence-electron chi connectivity index (χ1n) is 7.09. The van der Waals surface area contributed by atoms with Gasteiger partial charge in [0.15, 0.2) is 5.82 Å². The van der Waals surface area contributed by atoms with E-state index < -0.39 is 0 Å². The first-order valence-corrected chi connectivity index (χ1v) is 9.33. The van der Waals surface area contributed by atoms with Crippen LogP contribution in [0, 0.1) is 0 Å². The highest BCUT2D eigenvalue weighted by Gasteiger charge is 2.15. The molecule has 0 saturated carbocycles. The third-order valence-corrected chi connectivity index (χ3v) is 5.22. The number of thiophene rings is 1. The van der Waals surface area contributed by atoms with Crippen molar-refractivity contribution < 1.29 is 9.53 Å². The van der Waals surface area contributed by atoms with Gasteiger partial charge in [-0.3, -0.25) is 4.79 Å². The number of halogens is 1. The SMILES string of the molecule is COc1ccc(Cl)cc1NC(=O)CSc1nnc(-c2cccs2)n1N. The number of aromatic nitrogens is 3. The molecule has 0 aliphatic heterocycles. The van der Waals surface area contributed by atoms with Gasteiger partial charge in [0.1, 0.15) is 5.75 Å². The molecule has 2 aromatic heterocycles. The van der Waals surface area contributed by atoms with E-state index in [-0.39, 0.29) is 11.7 Å². The first kappa shape index (κ1) is 17.6. The Morgan fingerprint density at radius 2 is 2.28 bits per heavy atom. The molecule has 0 aliphatic rings. The van der Waals surface area contributed by atoms with Crippen molar-refractivity contribution in [2.45, 2.75) is 5.16 Å². The van der Waals surface area contributed by atoms with E-state index in [2.05, 4.69) is 15.5 Å². The van der Waals surface area contributed by atoms with Crippen LogP contribution in [0.4, 0.5) is 5.69 Å². The van der Waals surface area contributed by atoms with E-state index in [0.29, 0.717) is 27.4 Å². The largest absolute Gasteiger partial charge is 0.495 e. The number of rotatable bonds is 6. The van der Waals surface area contributed by atoms with Crippen molar-refractivity contribution in [3.8, 4) is 16.5 Å². The molecule has 0 saturated heterocycles. The number of thioether (sulfide) groups is 1. The van der Waals surface area contributed by atoms with E-state index >= 15 is 0 Å². The van der Waals surface area contributed by atoms with Crippen LogP contribution < -0.4 is 15.9 Å². The van der Waals surface area contributed by atoms with Gasteiger partial charge in [-0.1, -0.05) is 29.4 Å². The number of carbonyl (C=O) groups is 1. The second kappa shape index (κ2) is 7.77. The topological polar surface area (TPSA) is 95.1 Å². The fraction of sp³-hybridized carbons (Fsp3) is 0.133. The highest BCUT2D eigenvalue weighted by molar-refractivity contribution is 7.99. The Hall–Kier alpha value is -2.23. The Balaban J connectivity index is 1.64. The minimum atomic E-state index is -0.230. The van der Waals surface area contributed by atoms with Crippen LogP contribution in [0.1, 0.15) is 0 Å². The average molecular weight is 396 g/mol. The van der Waals surface area contributed by atoms with E-state index in [1.165, 1.54) is 34.9 Å². The summed E-state index contributed by atoms with van der Waals surface area (Å²) in [6, 6.07) is 8.82. The third kappa shape index (κ3) is 4.06. The quantitative estimate of drug-likeness (QED) is 0.492. The highest BCUT2D eigenvalue weighted by atomic mass is 35.5. The predicted molar refractivity (Wildman–Crippen MR) is 101 cm³/mol. The van der Waals surface area contributed by atoms with Gasteiger partial charge in [-0.25, -0.2) is 4.68 Å². The number of amides is 1. The molecule has 0 bridgehead atoms. The number of nitrogen functional groups attached to an aromatic ring is 1. The van der Waals surface area contributed by atoms with Crippen molar-refractivity contribution in [2.75, 3.05) is 24.0 Å². The zero-order valence-electron chi connectivity index (χ0n) is 13.1. The highest BCUT2D eigenvalue weighted by Crippen LogP contribution is 2.28. The molecule has 0 unspecified atom stereocenters. The monoisotopic (exact) mass is 395 g/mol. The van der Waals surface area contributed by atoms with Crippen LogP contribution in [0.3, 0.4) is 0 Å². The van der Waals surface area contributed by atoms with Gasteiger partial charge in [0, 0.05) is 5.02 Å². The fourth-order valence-corrected chi connectivity index (χ4v) is 3.58. The number of nitrogens with two attached hydrogens (primary N) is 1. The Morgan fingerprint density at radius 1 is 1.44 bits per heavy atom. The Labute approximate surface area is 157 Å². The van der Waals surface area contributed by atoms with Crippen molar-refractivity contribution in [3.63, 3.8) is 0 Å². The Bertz CT molecular complexity index is 882. The van der Waals surface area contributed by atoms with E-state index in [0.717, 1.165) is 4.88 Å². The minimum absolute atomic E-state index is 0.120. The summed E-state index contributed by atoms with van der Waals surface area (Å²) in [5, 5.41) is 13.8. The normalized spacial score (nSPS) is 10.6. The van der Waals surface area contributed by atoms with Gasteiger partial charge in [-0.2, -0.15) is 0 Å². The van der Waals surface area contributed by atoms with Crippen molar-refractivity contribution >= 4 is 46.3 Å². The van der Waals surface area contributed by atoms with E-state index in [9.17, 15) is 4.79 Å². The summed E-state index contributed by atoms with van der Waals surface area (Å²) in [6.45, 7) is 0. The number of hydrogen-bond acceptors (Lipinski definition) is 7. The van der Waals surface area contributed by atoms with Crippen molar-refractivity contribution in [3.05, 3.63) is 40.7 Å². The lowest BCUT2D eigenvalue weighted by molar-refractivity contribution is -0.113. The van der Waals surface area contributed by atoms with Crippen LogP contribution in [-0.2, 0) is 4.79 Å². The van der Waals surface area contributed by atoms with Gasteiger partial charge >= 0.3 is 0 Å². The molecule has 1 amide bonds. The predicted octanol–water partition coefficient (Wildman–Crippen LogP) is 3.11. The smallest absolute Gasteiger partial charge is 0.234 e. The number of nitrogens with one attached hydrogen (secondary N) is 1. The molecule has 10 heteroatoms. The summed E-state index contributed by atoms with van der Waals surface area (Å²) in [6.07, 6.45) is 0. The molecule has 0 radical (unpaired) electrons. The average Bonchev–Trinajstić information content (AvgIpc) is 3.23. The number of hydrogen-bond donors (Lipinski definition) is 2. The minimum Gasteiger partial charge on any atom is -0.495 e. The lowest BCUT2D eigenvalue weighted by atomic mass is 10.3. The van der Waals surface area contributed by atoms with Gasteiger partial charge in [0.25, 0.3) is 0 Å². The molecular weight excluding hydrogens is 382 g/mol. The summed E-state index contributed by atoms with van der Waals surface area (Å²) < 4.78 is 6.58. The fourth-order valence-electron chi connectivity index (χ4n) is 2.04. The summed E-state index contributed by atoms with van der Waals surface area (Å²) in [5.74, 6) is 6.99. The maximum atomic E-state index is 12.2. The molecule has 130 valence electrons. The Kier molecular flexibility index (Phi) is 5.47. The summed E-state index contributed by atoms with van der Waals surface area (Å²) in [5.41, 5.74) is 0.508. The Morgan fingerprint density at radius 3 is 3.00 bits per heavy atom. The van der Waals surface area contributed by atoms with Crippen LogP contribution >= 0.6 is 34.7 Å². The lowest BCUT2D eigenvalue weighted by Crippen LogP contribution is -2.16. The zero-order chi connectivity index (χ0) is 17.8. The molecule has 3 N–H and O–H groups in total. The van der Waals surface area contributed by atoms with E-state index in [1.54, 1.807) is 18.2 Å². The van der Waals surface area contributed by atoms with Crippen LogP contribution in [0.5, 0.6) is 5.75 Å². The molecule has 3 aromatic rings. The molecular formula is C15H14ClN5O2S2. The van der Waals surface area contributed by atoms with Gasteiger partial charge < -0.3 is 15.9 Å². The molecule has 0 spiro atoms. The lowest BCUT2D eigenvalue weighted by Gasteiger charge is -2.10. The number of methoxy groups -OCH3 is 1. The van der Waals surface area contributed by atoms with Crippen LogP contribution in [-0.4, -0.2) is 33.6 Å². The van der Waals surface area contributed by atoms with E-state index in [1.807, 2.05) is 17.5 Å². The molecule has 0 fully saturated rings. The number of carbonyl (C=O) groups excluding carboxylic acids is 1. The van der Waals surface area contributed by atoms with Gasteiger partial charge in [-0.15, -0.1) is 21.5 Å². The molecule has 3 rings (SSSR count). The molecule has 7 nitrogen and oxygen atoms in total. The standard InChI is InChI=1S/C15H14ClN5O2S2/c1-23-11-5-4-9(16)7-10(11)18-13(22)8-25-15-20-19-14(21(15)17)12-3-2-6-24-12/h2-7H,8,17H2,1H3,(H,18,22). The second-order valence-corrected chi connectivity index (χ2v) is 7.16. The van der Waals surface area contributed by atoms with Crippen molar-refractivity contribution in [1.82, 2.24) is 14.9 Å². The summed E-state index contributed by atoms with van der Waals surface area (Å²) >= 11 is 8.66. The van der Waals surface area contributed by atoms with Gasteiger partial charge in [-0.05, 0) is 29.6 Å². The number of ether oxygens (including phenoxy) is 1. The van der Waals surface area contributed by atoms with Crippen LogP contribution in [0.15, 0.2) is 40.9 Å². The number of nitrogens with zero attached hydrogens (tertiary/aromatic N) is 3. The van der Waals surface area contributed by atoms with Crippen LogP contribution in [0.2, 0.25) is 5.02 Å². The number of benzene rings is 1. The molecule has 0 aliphatic carbocycles. The molecule has 1 aromatic carbocycles. The number of anilines is 1. The maximum absolute atomic E-state index is 12.2. The molecule has 25 heavy (non-hydrogen) atoms. The summed E-state index contributed by atoms with van der Waals surface area (Å²) in [7, 11) is 1.52.